The minimum absolute atomic E-state index is 0.0873. The Hall–Kier alpha value is -3.35. The summed E-state index contributed by atoms with van der Waals surface area (Å²) in [6, 6.07) is 14.2. The molecule has 144 valence electrons. The van der Waals surface area contributed by atoms with E-state index < -0.39 is 0 Å². The third-order valence-corrected chi connectivity index (χ3v) is 4.83. The summed E-state index contributed by atoms with van der Waals surface area (Å²) in [5.74, 6) is 0.808. The molecule has 4 rings (SSSR count). The van der Waals surface area contributed by atoms with Crippen LogP contribution in [0.25, 0.3) is 10.8 Å². The Morgan fingerprint density at radius 3 is 2.89 bits per heavy atom. The van der Waals surface area contributed by atoms with Crippen LogP contribution in [0, 0.1) is 0 Å². The summed E-state index contributed by atoms with van der Waals surface area (Å²) >= 11 is 0. The molecule has 28 heavy (non-hydrogen) atoms. The summed E-state index contributed by atoms with van der Waals surface area (Å²) in [6.07, 6.45) is 3.71. The smallest absolute Gasteiger partial charge is 0.317 e. The fourth-order valence-electron chi connectivity index (χ4n) is 3.40. The lowest BCUT2D eigenvalue weighted by Gasteiger charge is -2.18. The maximum Gasteiger partial charge on any atom is 0.317 e. The molecule has 1 N–H and O–H groups in total. The Bertz CT molecular complexity index is 973. The van der Waals surface area contributed by atoms with E-state index in [-0.39, 0.29) is 12.1 Å². The monoisotopic (exact) mass is 378 g/mol. The lowest BCUT2D eigenvalue weighted by molar-refractivity contribution is 0.181. The molecule has 1 aromatic heterocycles. The zero-order valence-corrected chi connectivity index (χ0v) is 15.7. The van der Waals surface area contributed by atoms with E-state index in [2.05, 4.69) is 33.5 Å². The van der Waals surface area contributed by atoms with Gasteiger partial charge >= 0.3 is 6.03 Å². The minimum atomic E-state index is -0.107. The summed E-state index contributed by atoms with van der Waals surface area (Å²) < 4.78 is 10.9. The van der Waals surface area contributed by atoms with Crippen LogP contribution in [0.2, 0.25) is 0 Å². The van der Waals surface area contributed by atoms with Gasteiger partial charge in [-0.15, -0.1) is 0 Å². The van der Waals surface area contributed by atoms with Gasteiger partial charge in [0, 0.05) is 19.5 Å². The standard InChI is InChI=1S/C21H22N4O3/c1-27-19-12-22-13-20(24-19)28-17-9-10-25(14-17)21(26)23-11-16-7-4-6-15-5-2-3-8-18(15)16/h2-8,12-13,17H,9-11,14H2,1H3,(H,23,26). The van der Waals surface area contributed by atoms with Gasteiger partial charge in [0.2, 0.25) is 11.8 Å². The van der Waals surface area contributed by atoms with Crippen LogP contribution in [-0.4, -0.2) is 47.2 Å². The van der Waals surface area contributed by atoms with Crippen molar-refractivity contribution >= 4 is 16.8 Å². The lowest BCUT2D eigenvalue weighted by Crippen LogP contribution is -2.39. The van der Waals surface area contributed by atoms with Crippen LogP contribution in [0.15, 0.2) is 54.9 Å². The third-order valence-electron chi connectivity index (χ3n) is 4.83. The van der Waals surface area contributed by atoms with Crippen molar-refractivity contribution < 1.29 is 14.3 Å². The summed E-state index contributed by atoms with van der Waals surface area (Å²) in [4.78, 5) is 22.6. The van der Waals surface area contributed by atoms with Crippen LogP contribution in [0.4, 0.5) is 4.79 Å². The van der Waals surface area contributed by atoms with Crippen molar-refractivity contribution in [1.82, 2.24) is 20.2 Å². The lowest BCUT2D eigenvalue weighted by atomic mass is 10.0. The van der Waals surface area contributed by atoms with E-state index in [0.29, 0.717) is 31.4 Å². The predicted molar refractivity (Wildman–Crippen MR) is 105 cm³/mol. The second-order valence-electron chi connectivity index (χ2n) is 6.67. The van der Waals surface area contributed by atoms with Gasteiger partial charge in [0.25, 0.3) is 0 Å². The van der Waals surface area contributed by atoms with Crippen LogP contribution >= 0.6 is 0 Å². The molecule has 1 fully saturated rings. The number of hydrogen-bond donors (Lipinski definition) is 1. The zero-order chi connectivity index (χ0) is 19.3. The Morgan fingerprint density at radius 1 is 1.18 bits per heavy atom. The molecule has 2 amide bonds. The molecule has 7 heteroatoms. The van der Waals surface area contributed by atoms with Crippen molar-refractivity contribution in [3.63, 3.8) is 0 Å². The van der Waals surface area contributed by atoms with Crippen LogP contribution in [0.3, 0.4) is 0 Å². The number of carbonyl (C=O) groups is 1. The third kappa shape index (κ3) is 3.98. The van der Waals surface area contributed by atoms with Crippen LogP contribution in [-0.2, 0) is 6.54 Å². The molecule has 7 nitrogen and oxygen atoms in total. The number of rotatable bonds is 5. The molecule has 1 saturated heterocycles. The summed E-state index contributed by atoms with van der Waals surface area (Å²) in [7, 11) is 1.53. The van der Waals surface area contributed by atoms with Crippen LogP contribution in [0.5, 0.6) is 11.8 Å². The number of fused-ring (bicyclic) bond motifs is 1. The molecule has 1 unspecified atom stereocenters. The van der Waals surface area contributed by atoms with E-state index in [1.165, 1.54) is 18.7 Å². The molecule has 2 aromatic carbocycles. The van der Waals surface area contributed by atoms with Gasteiger partial charge in [-0.05, 0) is 16.3 Å². The largest absolute Gasteiger partial charge is 0.480 e. The number of nitrogens with zero attached hydrogens (tertiary/aromatic N) is 3. The Labute approximate surface area is 163 Å². The molecule has 0 radical (unpaired) electrons. The van der Waals surface area contributed by atoms with Gasteiger partial charge in [0.1, 0.15) is 6.10 Å². The number of ether oxygens (including phenoxy) is 2. The van der Waals surface area contributed by atoms with Crippen LogP contribution < -0.4 is 14.8 Å². The highest BCUT2D eigenvalue weighted by Crippen LogP contribution is 2.20. The first-order valence-corrected chi connectivity index (χ1v) is 9.25. The maximum absolute atomic E-state index is 12.6. The maximum atomic E-state index is 12.6. The molecule has 0 spiro atoms. The van der Waals surface area contributed by atoms with Gasteiger partial charge in [-0.3, -0.25) is 4.98 Å². The van der Waals surface area contributed by atoms with Crippen molar-refractivity contribution in [3.8, 4) is 11.8 Å². The van der Waals surface area contributed by atoms with E-state index in [0.717, 1.165) is 17.4 Å². The topological polar surface area (TPSA) is 76.6 Å². The minimum Gasteiger partial charge on any atom is -0.480 e. The second-order valence-corrected chi connectivity index (χ2v) is 6.67. The number of amides is 2. The summed E-state index contributed by atoms with van der Waals surface area (Å²) in [5, 5.41) is 5.35. The molecule has 1 aliphatic heterocycles. The van der Waals surface area contributed by atoms with E-state index in [4.69, 9.17) is 9.47 Å². The molecular formula is C21H22N4O3. The van der Waals surface area contributed by atoms with Gasteiger partial charge in [-0.25, -0.2) is 4.79 Å². The number of hydrogen-bond acceptors (Lipinski definition) is 5. The van der Waals surface area contributed by atoms with E-state index in [1.54, 1.807) is 11.1 Å². The quantitative estimate of drug-likeness (QED) is 0.739. The summed E-state index contributed by atoms with van der Waals surface area (Å²) in [6.45, 7) is 1.65. The fraction of sp³-hybridized carbons (Fsp3) is 0.286. The Balaban J connectivity index is 1.33. The van der Waals surface area contributed by atoms with Crippen molar-refractivity contribution in [2.75, 3.05) is 20.2 Å². The first kappa shape index (κ1) is 18.0. The normalized spacial score (nSPS) is 16.2. The molecule has 2 heterocycles. The molecular weight excluding hydrogens is 356 g/mol. The van der Waals surface area contributed by atoms with Gasteiger partial charge in [0.15, 0.2) is 0 Å². The van der Waals surface area contributed by atoms with Gasteiger partial charge in [-0.2, -0.15) is 4.98 Å². The van der Waals surface area contributed by atoms with E-state index in [1.807, 2.05) is 24.3 Å². The highest BCUT2D eigenvalue weighted by molar-refractivity contribution is 5.86. The highest BCUT2D eigenvalue weighted by atomic mass is 16.5. The average molecular weight is 378 g/mol. The van der Waals surface area contributed by atoms with Gasteiger partial charge < -0.3 is 19.7 Å². The van der Waals surface area contributed by atoms with Gasteiger partial charge in [0.05, 0.1) is 26.0 Å². The fourth-order valence-corrected chi connectivity index (χ4v) is 3.40. The first-order valence-electron chi connectivity index (χ1n) is 9.25. The molecule has 3 aromatic rings. The number of aromatic nitrogens is 2. The molecule has 1 aliphatic rings. The number of urea groups is 1. The zero-order valence-electron chi connectivity index (χ0n) is 15.7. The van der Waals surface area contributed by atoms with Crippen molar-refractivity contribution in [2.45, 2.75) is 19.1 Å². The van der Waals surface area contributed by atoms with Crippen molar-refractivity contribution in [3.05, 3.63) is 60.4 Å². The molecule has 1 atom stereocenters. The Morgan fingerprint density at radius 2 is 2.00 bits per heavy atom. The number of methoxy groups -OCH3 is 1. The van der Waals surface area contributed by atoms with Crippen LogP contribution in [0.1, 0.15) is 12.0 Å². The van der Waals surface area contributed by atoms with Crippen molar-refractivity contribution in [2.24, 2.45) is 0 Å². The Kier molecular flexibility index (Phi) is 5.23. The number of benzene rings is 2. The molecule has 0 bridgehead atoms. The SMILES string of the molecule is COc1cncc(OC2CCN(C(=O)NCc3cccc4ccccc34)C2)n1. The molecule has 0 aliphatic carbocycles. The van der Waals surface area contributed by atoms with Gasteiger partial charge in [-0.1, -0.05) is 42.5 Å². The second kappa shape index (κ2) is 8.12. The molecule has 0 saturated carbocycles. The number of likely N-dealkylation sites (tertiary alicyclic amines) is 1. The summed E-state index contributed by atoms with van der Waals surface area (Å²) in [5.41, 5.74) is 1.10. The number of nitrogens with one attached hydrogen (secondary N) is 1. The first-order chi connectivity index (χ1) is 13.7. The van der Waals surface area contributed by atoms with Crippen molar-refractivity contribution in [1.29, 1.82) is 0 Å². The average Bonchev–Trinajstić information content (AvgIpc) is 3.20. The van der Waals surface area contributed by atoms with E-state index in [9.17, 15) is 4.79 Å². The highest BCUT2D eigenvalue weighted by Gasteiger charge is 2.28. The van der Waals surface area contributed by atoms with E-state index >= 15 is 0 Å². The predicted octanol–water partition coefficient (Wildman–Crippen LogP) is 3.00. The number of carbonyl (C=O) groups excluding carboxylic acids is 1.